The second-order valence-electron chi connectivity index (χ2n) is 4.49. The maximum atomic E-state index is 5.34. The van der Waals surface area contributed by atoms with Crippen LogP contribution in [0.15, 0.2) is 46.2 Å². The minimum absolute atomic E-state index is 0.730. The van der Waals surface area contributed by atoms with Crippen LogP contribution in [0.4, 0.5) is 0 Å². The van der Waals surface area contributed by atoms with Gasteiger partial charge in [0.1, 0.15) is 10.8 Å². The molecule has 0 amide bonds. The van der Waals surface area contributed by atoms with Crippen molar-refractivity contribution in [2.45, 2.75) is 36.2 Å². The van der Waals surface area contributed by atoms with E-state index >= 15 is 0 Å². The van der Waals surface area contributed by atoms with Crippen LogP contribution in [-0.2, 0) is 12.3 Å². The first-order valence-corrected chi connectivity index (χ1v) is 7.23. The monoisotopic (exact) mass is 260 g/mol. The molecule has 3 nitrogen and oxygen atoms in total. The third-order valence-electron chi connectivity index (χ3n) is 2.94. The van der Waals surface area contributed by atoms with E-state index in [9.17, 15) is 0 Å². The van der Waals surface area contributed by atoms with E-state index < -0.39 is 0 Å². The molecule has 2 aromatic heterocycles. The number of rotatable bonds is 6. The van der Waals surface area contributed by atoms with E-state index in [-0.39, 0.29) is 0 Å². The molecule has 0 spiro atoms. The van der Waals surface area contributed by atoms with Gasteiger partial charge in [0.15, 0.2) is 0 Å². The van der Waals surface area contributed by atoms with Crippen molar-refractivity contribution in [1.29, 1.82) is 0 Å². The summed E-state index contributed by atoms with van der Waals surface area (Å²) in [4.78, 5) is 4.46. The Morgan fingerprint density at radius 2 is 2.28 bits per heavy atom. The molecule has 1 saturated carbocycles. The average molecular weight is 260 g/mol. The zero-order valence-corrected chi connectivity index (χ0v) is 11.0. The Bertz CT molecular complexity index is 494. The molecule has 0 aromatic carbocycles. The quantitative estimate of drug-likeness (QED) is 0.809. The van der Waals surface area contributed by atoms with Crippen LogP contribution in [0.2, 0.25) is 0 Å². The van der Waals surface area contributed by atoms with Crippen LogP contribution >= 0.6 is 11.8 Å². The molecule has 0 bridgehead atoms. The highest BCUT2D eigenvalue weighted by Crippen LogP contribution is 2.25. The molecule has 2 aromatic rings. The zero-order chi connectivity index (χ0) is 12.2. The predicted molar refractivity (Wildman–Crippen MR) is 72.4 cm³/mol. The number of pyridine rings is 1. The van der Waals surface area contributed by atoms with Crippen LogP contribution < -0.4 is 5.32 Å². The Labute approximate surface area is 111 Å². The number of hydrogen-bond donors (Lipinski definition) is 1. The molecule has 1 N–H and O–H groups in total. The molecule has 0 atom stereocenters. The first-order valence-electron chi connectivity index (χ1n) is 6.24. The van der Waals surface area contributed by atoms with Gasteiger partial charge in [-0.15, -0.1) is 0 Å². The largest absolute Gasteiger partial charge is 0.468 e. The molecule has 1 aliphatic rings. The molecule has 0 aliphatic heterocycles. The van der Waals surface area contributed by atoms with E-state index in [1.165, 1.54) is 18.4 Å². The van der Waals surface area contributed by atoms with Gasteiger partial charge in [0.25, 0.3) is 0 Å². The first kappa shape index (κ1) is 11.8. The molecule has 1 fully saturated rings. The Hall–Kier alpha value is -1.26. The lowest BCUT2D eigenvalue weighted by Gasteiger charge is -2.08. The van der Waals surface area contributed by atoms with Crippen LogP contribution in [0.1, 0.15) is 24.2 Å². The van der Waals surface area contributed by atoms with E-state index in [1.54, 1.807) is 18.0 Å². The van der Waals surface area contributed by atoms with Crippen molar-refractivity contribution < 1.29 is 4.42 Å². The van der Waals surface area contributed by atoms with Crippen LogP contribution in [0, 0.1) is 0 Å². The normalized spacial score (nSPS) is 14.9. The zero-order valence-electron chi connectivity index (χ0n) is 10.1. The smallest absolute Gasteiger partial charge is 0.114 e. The highest BCUT2D eigenvalue weighted by Gasteiger charge is 2.20. The van der Waals surface area contributed by atoms with E-state index in [4.69, 9.17) is 4.42 Å². The van der Waals surface area contributed by atoms with Crippen molar-refractivity contribution in [1.82, 2.24) is 10.3 Å². The Morgan fingerprint density at radius 1 is 1.33 bits per heavy atom. The Morgan fingerprint density at radius 3 is 3.06 bits per heavy atom. The van der Waals surface area contributed by atoms with Gasteiger partial charge >= 0.3 is 0 Å². The summed E-state index contributed by atoms with van der Waals surface area (Å²) in [5, 5.41) is 4.63. The summed E-state index contributed by atoms with van der Waals surface area (Å²) in [5.74, 6) is 1.83. The van der Waals surface area contributed by atoms with Gasteiger partial charge in [0.05, 0.1) is 12.0 Å². The Kier molecular flexibility index (Phi) is 3.67. The molecule has 0 saturated heterocycles. The second-order valence-corrected chi connectivity index (χ2v) is 5.45. The number of furan rings is 1. The van der Waals surface area contributed by atoms with Crippen molar-refractivity contribution >= 4 is 11.8 Å². The summed E-state index contributed by atoms with van der Waals surface area (Å²) < 4.78 is 5.34. The number of nitrogens with zero attached hydrogens (tertiary/aromatic N) is 1. The van der Waals surface area contributed by atoms with Gasteiger partial charge < -0.3 is 9.73 Å². The van der Waals surface area contributed by atoms with Crippen LogP contribution in [0.3, 0.4) is 0 Å². The van der Waals surface area contributed by atoms with Gasteiger partial charge in [-0.2, -0.15) is 0 Å². The molecule has 0 unspecified atom stereocenters. The molecular formula is C14H16N2OS. The molecule has 3 rings (SSSR count). The molecule has 94 valence electrons. The molecule has 4 heteroatoms. The SMILES string of the molecule is c1coc(CSc2ncccc2CNC2CC2)c1. The lowest BCUT2D eigenvalue weighted by atomic mass is 10.3. The van der Waals surface area contributed by atoms with Gasteiger partial charge in [-0.1, -0.05) is 17.8 Å². The van der Waals surface area contributed by atoms with Crippen LogP contribution in [0.25, 0.3) is 0 Å². The number of aromatic nitrogens is 1. The summed E-state index contributed by atoms with van der Waals surface area (Å²) >= 11 is 1.73. The fraction of sp³-hybridized carbons (Fsp3) is 0.357. The number of hydrogen-bond acceptors (Lipinski definition) is 4. The summed E-state index contributed by atoms with van der Waals surface area (Å²) in [5.41, 5.74) is 1.28. The fourth-order valence-electron chi connectivity index (χ4n) is 1.76. The van der Waals surface area contributed by atoms with Crippen molar-refractivity contribution in [3.8, 4) is 0 Å². The van der Waals surface area contributed by atoms with Gasteiger partial charge in [0.2, 0.25) is 0 Å². The topological polar surface area (TPSA) is 38.1 Å². The number of nitrogens with one attached hydrogen (secondary N) is 1. The van der Waals surface area contributed by atoms with E-state index in [0.717, 1.165) is 29.1 Å². The van der Waals surface area contributed by atoms with Gasteiger partial charge in [0, 0.05) is 18.8 Å². The van der Waals surface area contributed by atoms with Crippen molar-refractivity contribution in [2.75, 3.05) is 0 Å². The summed E-state index contributed by atoms with van der Waals surface area (Å²) in [6.45, 7) is 0.916. The van der Waals surface area contributed by atoms with Gasteiger partial charge in [-0.3, -0.25) is 0 Å². The van der Waals surface area contributed by atoms with Crippen LogP contribution in [0.5, 0.6) is 0 Å². The minimum Gasteiger partial charge on any atom is -0.468 e. The maximum absolute atomic E-state index is 5.34. The Balaban J connectivity index is 1.62. The third-order valence-corrected chi connectivity index (χ3v) is 4.01. The minimum atomic E-state index is 0.730. The molecule has 18 heavy (non-hydrogen) atoms. The molecular weight excluding hydrogens is 244 g/mol. The molecule has 1 aliphatic carbocycles. The van der Waals surface area contributed by atoms with Gasteiger partial charge in [-0.05, 0) is 36.6 Å². The summed E-state index contributed by atoms with van der Waals surface area (Å²) in [6.07, 6.45) is 6.19. The predicted octanol–water partition coefficient (Wildman–Crippen LogP) is 3.22. The van der Waals surface area contributed by atoms with E-state index in [0.29, 0.717) is 0 Å². The van der Waals surface area contributed by atoms with Crippen molar-refractivity contribution in [2.24, 2.45) is 0 Å². The summed E-state index contributed by atoms with van der Waals surface area (Å²) in [7, 11) is 0. The van der Waals surface area contributed by atoms with E-state index in [2.05, 4.69) is 16.4 Å². The molecule has 2 heterocycles. The lowest BCUT2D eigenvalue weighted by molar-refractivity contribution is 0.530. The highest BCUT2D eigenvalue weighted by molar-refractivity contribution is 7.98. The lowest BCUT2D eigenvalue weighted by Crippen LogP contribution is -2.16. The van der Waals surface area contributed by atoms with Crippen molar-refractivity contribution in [3.63, 3.8) is 0 Å². The second kappa shape index (κ2) is 5.59. The van der Waals surface area contributed by atoms with E-state index in [1.807, 2.05) is 24.4 Å². The average Bonchev–Trinajstić information content (AvgIpc) is 3.09. The highest BCUT2D eigenvalue weighted by atomic mass is 32.2. The first-order chi connectivity index (χ1) is 8.92. The van der Waals surface area contributed by atoms with Crippen LogP contribution in [-0.4, -0.2) is 11.0 Å². The standard InChI is InChI=1S/C14H16N2OS/c1-3-11(9-16-12-5-6-12)14(15-7-1)18-10-13-4-2-8-17-13/h1-4,7-8,12,16H,5-6,9-10H2. The molecule has 0 radical (unpaired) electrons. The maximum Gasteiger partial charge on any atom is 0.114 e. The third kappa shape index (κ3) is 3.15. The summed E-state index contributed by atoms with van der Waals surface area (Å²) in [6, 6.07) is 8.79. The number of thioether (sulfide) groups is 1. The van der Waals surface area contributed by atoms with Gasteiger partial charge in [-0.25, -0.2) is 4.98 Å². The van der Waals surface area contributed by atoms with Crippen molar-refractivity contribution in [3.05, 3.63) is 48.0 Å². The fourth-order valence-corrected chi connectivity index (χ4v) is 2.67.